The smallest absolute Gasteiger partial charge is 0.308 e. The molecule has 24 heavy (non-hydrogen) atoms. The molecule has 2 amide bonds. The molecule has 2 aliphatic rings. The van der Waals surface area contributed by atoms with Crippen molar-refractivity contribution in [3.05, 3.63) is 0 Å². The second-order valence-electron chi connectivity index (χ2n) is 7.55. The topological polar surface area (TPSA) is 77.9 Å². The Morgan fingerprint density at radius 1 is 1.12 bits per heavy atom. The summed E-state index contributed by atoms with van der Waals surface area (Å²) in [4.78, 5) is 40.1. The molecule has 2 aliphatic heterocycles. The molecule has 0 aliphatic carbocycles. The Labute approximate surface area is 144 Å². The van der Waals surface area contributed by atoms with Gasteiger partial charge in [0.2, 0.25) is 11.8 Å². The fraction of sp³-hybridized carbons (Fsp3) is 0.833. The summed E-state index contributed by atoms with van der Waals surface area (Å²) >= 11 is 0. The van der Waals surface area contributed by atoms with Gasteiger partial charge in [0.05, 0.1) is 11.8 Å². The molecular weight excluding hydrogens is 308 g/mol. The second-order valence-corrected chi connectivity index (χ2v) is 7.55. The number of nitrogens with zero attached hydrogens (tertiary/aromatic N) is 2. The predicted octanol–water partition coefficient (Wildman–Crippen LogP) is 1.84. The first kappa shape index (κ1) is 18.7. The Morgan fingerprint density at radius 2 is 1.79 bits per heavy atom. The number of carboxylic acid groups (broad SMARTS) is 1. The van der Waals surface area contributed by atoms with E-state index in [-0.39, 0.29) is 29.6 Å². The van der Waals surface area contributed by atoms with Gasteiger partial charge in [-0.25, -0.2) is 0 Å². The van der Waals surface area contributed by atoms with E-state index in [1.807, 2.05) is 25.7 Å². The third kappa shape index (κ3) is 4.28. The molecule has 0 aromatic carbocycles. The SMILES string of the molecule is CCC(C)C(=O)N1CCCC(C(=O)N2CC(C)CC(C(=O)O)C2)C1. The molecule has 1 N–H and O–H groups in total. The molecule has 2 rings (SSSR count). The van der Waals surface area contributed by atoms with Crippen molar-refractivity contribution in [3.63, 3.8) is 0 Å². The number of likely N-dealkylation sites (tertiary alicyclic amines) is 2. The number of hydrogen-bond acceptors (Lipinski definition) is 3. The van der Waals surface area contributed by atoms with E-state index in [4.69, 9.17) is 0 Å². The second kappa shape index (κ2) is 7.99. The number of amides is 2. The first-order valence-corrected chi connectivity index (χ1v) is 9.13. The molecule has 2 heterocycles. The van der Waals surface area contributed by atoms with Crippen molar-refractivity contribution in [1.82, 2.24) is 9.80 Å². The Kier molecular flexibility index (Phi) is 6.24. The summed E-state index contributed by atoms with van der Waals surface area (Å²) in [5, 5.41) is 9.28. The van der Waals surface area contributed by atoms with Crippen LogP contribution in [-0.2, 0) is 14.4 Å². The van der Waals surface area contributed by atoms with Crippen molar-refractivity contribution < 1.29 is 19.5 Å². The van der Waals surface area contributed by atoms with Gasteiger partial charge in [-0.3, -0.25) is 14.4 Å². The normalized spacial score (nSPS) is 29.2. The van der Waals surface area contributed by atoms with Crippen LogP contribution < -0.4 is 0 Å². The molecule has 0 bridgehead atoms. The minimum Gasteiger partial charge on any atom is -0.481 e. The van der Waals surface area contributed by atoms with Crippen molar-refractivity contribution >= 4 is 17.8 Å². The van der Waals surface area contributed by atoms with E-state index in [2.05, 4.69) is 0 Å². The van der Waals surface area contributed by atoms with E-state index >= 15 is 0 Å². The molecule has 0 spiro atoms. The predicted molar refractivity (Wildman–Crippen MR) is 90.2 cm³/mol. The van der Waals surface area contributed by atoms with E-state index in [9.17, 15) is 19.5 Å². The number of hydrogen-bond donors (Lipinski definition) is 1. The van der Waals surface area contributed by atoms with E-state index in [1.165, 1.54) is 0 Å². The number of aliphatic carboxylic acids is 1. The molecule has 0 radical (unpaired) electrons. The number of carbonyl (C=O) groups excluding carboxylic acids is 2. The Balaban J connectivity index is 2.00. The van der Waals surface area contributed by atoms with Gasteiger partial charge in [0.1, 0.15) is 0 Å². The monoisotopic (exact) mass is 338 g/mol. The zero-order valence-corrected chi connectivity index (χ0v) is 15.0. The zero-order chi connectivity index (χ0) is 17.9. The summed E-state index contributed by atoms with van der Waals surface area (Å²) < 4.78 is 0. The molecular formula is C18H30N2O4. The van der Waals surface area contributed by atoms with Gasteiger partial charge in [0.25, 0.3) is 0 Å². The lowest BCUT2D eigenvalue weighted by Crippen LogP contribution is -2.52. The molecule has 0 aromatic heterocycles. The highest BCUT2D eigenvalue weighted by molar-refractivity contribution is 5.83. The van der Waals surface area contributed by atoms with E-state index < -0.39 is 11.9 Å². The first-order chi connectivity index (χ1) is 11.3. The number of piperidine rings is 2. The molecule has 0 aromatic rings. The van der Waals surface area contributed by atoms with Gasteiger partial charge in [0.15, 0.2) is 0 Å². The average molecular weight is 338 g/mol. The molecule has 2 fully saturated rings. The van der Waals surface area contributed by atoms with Crippen molar-refractivity contribution in [2.45, 2.75) is 46.5 Å². The third-order valence-corrected chi connectivity index (χ3v) is 5.44. The summed E-state index contributed by atoms with van der Waals surface area (Å²) in [6.07, 6.45) is 3.05. The fourth-order valence-electron chi connectivity index (χ4n) is 3.83. The molecule has 6 nitrogen and oxygen atoms in total. The van der Waals surface area contributed by atoms with Crippen LogP contribution in [0.2, 0.25) is 0 Å². The van der Waals surface area contributed by atoms with Crippen molar-refractivity contribution in [1.29, 1.82) is 0 Å². The van der Waals surface area contributed by atoms with Crippen LogP contribution in [0.25, 0.3) is 0 Å². The third-order valence-electron chi connectivity index (χ3n) is 5.44. The van der Waals surface area contributed by atoms with Crippen LogP contribution in [0.15, 0.2) is 0 Å². The lowest BCUT2D eigenvalue weighted by atomic mass is 9.88. The minimum absolute atomic E-state index is 0.00903. The van der Waals surface area contributed by atoms with E-state index in [1.54, 1.807) is 4.90 Å². The lowest BCUT2D eigenvalue weighted by molar-refractivity contribution is -0.149. The molecule has 2 saturated heterocycles. The van der Waals surface area contributed by atoms with Crippen LogP contribution in [0.4, 0.5) is 0 Å². The van der Waals surface area contributed by atoms with Crippen LogP contribution >= 0.6 is 0 Å². The number of carboxylic acids is 1. The highest BCUT2D eigenvalue weighted by Gasteiger charge is 2.37. The first-order valence-electron chi connectivity index (χ1n) is 9.13. The fourth-order valence-corrected chi connectivity index (χ4v) is 3.83. The number of rotatable bonds is 4. The maximum atomic E-state index is 12.9. The maximum absolute atomic E-state index is 12.9. The van der Waals surface area contributed by atoms with Gasteiger partial charge in [-0.05, 0) is 31.6 Å². The van der Waals surface area contributed by atoms with Crippen molar-refractivity contribution in [3.8, 4) is 0 Å². The highest BCUT2D eigenvalue weighted by atomic mass is 16.4. The Bertz CT molecular complexity index is 493. The molecule has 4 unspecified atom stereocenters. The van der Waals surface area contributed by atoms with Gasteiger partial charge < -0.3 is 14.9 Å². The highest BCUT2D eigenvalue weighted by Crippen LogP contribution is 2.26. The lowest BCUT2D eigenvalue weighted by Gasteiger charge is -2.39. The van der Waals surface area contributed by atoms with Crippen LogP contribution in [0.1, 0.15) is 46.5 Å². The van der Waals surface area contributed by atoms with E-state index in [0.717, 1.165) is 25.8 Å². The quantitative estimate of drug-likeness (QED) is 0.848. The maximum Gasteiger partial charge on any atom is 0.308 e. The van der Waals surface area contributed by atoms with Crippen molar-refractivity contribution in [2.75, 3.05) is 26.2 Å². The van der Waals surface area contributed by atoms with Crippen molar-refractivity contribution in [2.24, 2.45) is 23.7 Å². The van der Waals surface area contributed by atoms with Crippen LogP contribution in [0, 0.1) is 23.7 Å². The van der Waals surface area contributed by atoms with Crippen LogP contribution in [0.3, 0.4) is 0 Å². The standard InChI is InChI=1S/C18H30N2O4/c1-4-13(3)16(21)19-7-5-6-14(10-19)17(22)20-9-12(2)8-15(11-20)18(23)24/h12-15H,4-11H2,1-3H3,(H,23,24). The summed E-state index contributed by atoms with van der Waals surface area (Å²) in [6.45, 7) is 8.04. The van der Waals surface area contributed by atoms with Crippen LogP contribution in [-0.4, -0.2) is 58.9 Å². The number of carbonyl (C=O) groups is 3. The van der Waals surface area contributed by atoms with Gasteiger partial charge in [-0.1, -0.05) is 20.8 Å². The summed E-state index contributed by atoms with van der Waals surface area (Å²) in [5.74, 6) is -1.14. The summed E-state index contributed by atoms with van der Waals surface area (Å²) in [6, 6.07) is 0. The van der Waals surface area contributed by atoms with Gasteiger partial charge in [0, 0.05) is 32.1 Å². The summed E-state index contributed by atoms with van der Waals surface area (Å²) in [7, 11) is 0. The minimum atomic E-state index is -0.823. The zero-order valence-electron chi connectivity index (χ0n) is 15.0. The van der Waals surface area contributed by atoms with Gasteiger partial charge in [-0.2, -0.15) is 0 Å². The molecule has 4 atom stereocenters. The molecule has 136 valence electrons. The van der Waals surface area contributed by atoms with Gasteiger partial charge in [-0.15, -0.1) is 0 Å². The van der Waals surface area contributed by atoms with Gasteiger partial charge >= 0.3 is 5.97 Å². The van der Waals surface area contributed by atoms with Crippen LogP contribution in [0.5, 0.6) is 0 Å². The van der Waals surface area contributed by atoms with E-state index in [0.29, 0.717) is 26.1 Å². The molecule has 0 saturated carbocycles. The summed E-state index contributed by atoms with van der Waals surface area (Å²) in [5.41, 5.74) is 0. The average Bonchev–Trinajstić information content (AvgIpc) is 2.59. The Hall–Kier alpha value is -1.59. The largest absolute Gasteiger partial charge is 0.481 e. The Morgan fingerprint density at radius 3 is 2.42 bits per heavy atom. The molecule has 6 heteroatoms.